The van der Waals surface area contributed by atoms with Crippen molar-refractivity contribution in [2.75, 3.05) is 7.11 Å². The number of rotatable bonds is 5. The third kappa shape index (κ3) is 3.60. The first-order valence-corrected chi connectivity index (χ1v) is 9.05. The summed E-state index contributed by atoms with van der Waals surface area (Å²) >= 11 is 0. The molecular formula is C16H16FN3O4S. The van der Waals surface area contributed by atoms with Gasteiger partial charge in [0.15, 0.2) is 5.69 Å². The van der Waals surface area contributed by atoms with Gasteiger partial charge in [0.05, 0.1) is 12.0 Å². The van der Waals surface area contributed by atoms with Crippen molar-refractivity contribution in [2.45, 2.75) is 30.6 Å². The minimum atomic E-state index is -4.24. The van der Waals surface area contributed by atoms with Gasteiger partial charge in [-0.2, -0.15) is 5.10 Å². The number of nitrogens with one attached hydrogen (secondary N) is 1. The molecule has 1 aliphatic rings. The summed E-state index contributed by atoms with van der Waals surface area (Å²) in [5.41, 5.74) is 0.774. The van der Waals surface area contributed by atoms with E-state index in [4.69, 9.17) is 4.74 Å². The lowest BCUT2D eigenvalue weighted by atomic mass is 10.2. The fraction of sp³-hybridized carbons (Fsp3) is 0.312. The van der Waals surface area contributed by atoms with Crippen molar-refractivity contribution in [2.24, 2.45) is 0 Å². The van der Waals surface area contributed by atoms with Gasteiger partial charge >= 0.3 is 0 Å². The van der Waals surface area contributed by atoms with Gasteiger partial charge in [0.1, 0.15) is 17.3 Å². The number of methoxy groups -OCH3 is 1. The van der Waals surface area contributed by atoms with E-state index in [1.165, 1.54) is 26.2 Å². The Morgan fingerprint density at radius 1 is 1.28 bits per heavy atom. The molecule has 1 amide bonds. The number of amides is 1. The fourth-order valence-electron chi connectivity index (χ4n) is 2.39. The highest BCUT2D eigenvalue weighted by Gasteiger charge is 2.30. The molecule has 1 saturated carbocycles. The SMILES string of the molecule is COc1cc(C(=O)NS(=O)(=O)c2cc(F)ccc2C)nnc1C1CC1. The summed E-state index contributed by atoms with van der Waals surface area (Å²) in [5.74, 6) is -1.02. The lowest BCUT2D eigenvalue weighted by Crippen LogP contribution is -2.32. The molecule has 2 aromatic rings. The summed E-state index contributed by atoms with van der Waals surface area (Å²) in [6, 6.07) is 4.67. The van der Waals surface area contributed by atoms with Crippen molar-refractivity contribution in [1.82, 2.24) is 14.9 Å². The van der Waals surface area contributed by atoms with Gasteiger partial charge in [0, 0.05) is 12.0 Å². The molecule has 1 aliphatic carbocycles. The van der Waals surface area contributed by atoms with Crippen LogP contribution in [0.15, 0.2) is 29.2 Å². The molecule has 0 spiro atoms. The Morgan fingerprint density at radius 2 is 2.00 bits per heavy atom. The van der Waals surface area contributed by atoms with Gasteiger partial charge in [-0.05, 0) is 37.5 Å². The largest absolute Gasteiger partial charge is 0.495 e. The summed E-state index contributed by atoms with van der Waals surface area (Å²) < 4.78 is 45.1. The maximum absolute atomic E-state index is 13.3. The van der Waals surface area contributed by atoms with Crippen LogP contribution in [0.1, 0.15) is 40.5 Å². The number of ether oxygens (including phenoxy) is 1. The van der Waals surface area contributed by atoms with Crippen LogP contribution in [-0.2, 0) is 10.0 Å². The number of nitrogens with zero attached hydrogens (tertiary/aromatic N) is 2. The van der Waals surface area contributed by atoms with Crippen LogP contribution in [0.3, 0.4) is 0 Å². The maximum atomic E-state index is 13.3. The van der Waals surface area contributed by atoms with Crippen molar-refractivity contribution in [1.29, 1.82) is 0 Å². The normalized spacial score (nSPS) is 14.2. The zero-order valence-electron chi connectivity index (χ0n) is 13.6. The van der Waals surface area contributed by atoms with Gasteiger partial charge in [-0.15, -0.1) is 5.10 Å². The van der Waals surface area contributed by atoms with Crippen molar-refractivity contribution >= 4 is 15.9 Å². The number of aryl methyl sites for hydroxylation is 1. The number of carbonyl (C=O) groups excluding carboxylic acids is 1. The predicted octanol–water partition coefficient (Wildman–Crippen LogP) is 1.93. The lowest BCUT2D eigenvalue weighted by Gasteiger charge is -2.10. The lowest BCUT2D eigenvalue weighted by molar-refractivity contribution is 0.0975. The van der Waals surface area contributed by atoms with E-state index in [-0.39, 0.29) is 16.5 Å². The highest BCUT2D eigenvalue weighted by Crippen LogP contribution is 2.42. The van der Waals surface area contributed by atoms with Crippen LogP contribution in [0, 0.1) is 12.7 Å². The molecule has 25 heavy (non-hydrogen) atoms. The van der Waals surface area contributed by atoms with E-state index < -0.39 is 21.7 Å². The second kappa shape index (κ2) is 6.40. The van der Waals surface area contributed by atoms with Gasteiger partial charge < -0.3 is 4.74 Å². The molecular weight excluding hydrogens is 349 g/mol. The highest BCUT2D eigenvalue weighted by atomic mass is 32.2. The van der Waals surface area contributed by atoms with E-state index in [2.05, 4.69) is 10.2 Å². The monoisotopic (exact) mass is 365 g/mol. The molecule has 1 fully saturated rings. The topological polar surface area (TPSA) is 98.2 Å². The highest BCUT2D eigenvalue weighted by molar-refractivity contribution is 7.90. The second-order valence-corrected chi connectivity index (χ2v) is 7.45. The zero-order chi connectivity index (χ0) is 18.2. The van der Waals surface area contributed by atoms with Crippen LogP contribution in [0.2, 0.25) is 0 Å². The quantitative estimate of drug-likeness (QED) is 0.869. The molecule has 1 aromatic heterocycles. The van der Waals surface area contributed by atoms with Crippen molar-refractivity contribution in [3.63, 3.8) is 0 Å². The fourth-order valence-corrected chi connectivity index (χ4v) is 3.61. The Morgan fingerprint density at radius 3 is 2.64 bits per heavy atom. The van der Waals surface area contributed by atoms with Crippen LogP contribution >= 0.6 is 0 Å². The zero-order valence-corrected chi connectivity index (χ0v) is 14.4. The van der Waals surface area contributed by atoms with E-state index in [0.717, 1.165) is 25.0 Å². The number of carbonyl (C=O) groups is 1. The number of halogens is 1. The molecule has 0 bridgehead atoms. The molecule has 0 saturated heterocycles. The Labute approximate surface area is 144 Å². The third-order valence-electron chi connectivity index (χ3n) is 3.87. The third-order valence-corrected chi connectivity index (χ3v) is 5.34. The Kier molecular flexibility index (Phi) is 4.42. The van der Waals surface area contributed by atoms with Crippen molar-refractivity contribution in [3.8, 4) is 5.75 Å². The summed E-state index contributed by atoms with van der Waals surface area (Å²) in [6.45, 7) is 1.51. The van der Waals surface area contributed by atoms with Gasteiger partial charge in [0.25, 0.3) is 15.9 Å². The Hall–Kier alpha value is -2.55. The van der Waals surface area contributed by atoms with E-state index in [1.807, 2.05) is 4.72 Å². The molecule has 1 N–H and O–H groups in total. The standard InChI is InChI=1S/C16H16FN3O4S/c1-9-3-6-11(17)7-14(9)25(22,23)20-16(21)12-8-13(24-2)15(19-18-12)10-4-5-10/h3,6-8,10H,4-5H2,1-2H3,(H,20,21). The van der Waals surface area contributed by atoms with E-state index in [0.29, 0.717) is 17.0 Å². The Balaban J connectivity index is 1.87. The van der Waals surface area contributed by atoms with Crippen molar-refractivity contribution < 1.29 is 22.3 Å². The second-order valence-electron chi connectivity index (χ2n) is 5.80. The molecule has 9 heteroatoms. The van der Waals surface area contributed by atoms with Gasteiger partial charge in [-0.25, -0.2) is 17.5 Å². The summed E-state index contributed by atoms with van der Waals surface area (Å²) in [6.07, 6.45) is 1.95. The molecule has 0 radical (unpaired) electrons. The number of hydrogen-bond donors (Lipinski definition) is 1. The molecule has 0 aliphatic heterocycles. The van der Waals surface area contributed by atoms with Crippen molar-refractivity contribution in [3.05, 3.63) is 47.0 Å². The van der Waals surface area contributed by atoms with Gasteiger partial charge in [0.2, 0.25) is 0 Å². The summed E-state index contributed by atoms with van der Waals surface area (Å²) in [5, 5.41) is 7.76. The van der Waals surface area contributed by atoms with Crippen LogP contribution in [0.25, 0.3) is 0 Å². The molecule has 0 unspecified atom stereocenters. The molecule has 3 rings (SSSR count). The molecule has 132 valence electrons. The average Bonchev–Trinajstić information content (AvgIpc) is 3.40. The van der Waals surface area contributed by atoms with Crippen LogP contribution in [0.5, 0.6) is 5.75 Å². The predicted molar refractivity (Wildman–Crippen MR) is 86.3 cm³/mol. The average molecular weight is 365 g/mol. The minimum absolute atomic E-state index is 0.195. The Bertz CT molecular complexity index is 942. The van der Waals surface area contributed by atoms with Crippen LogP contribution < -0.4 is 9.46 Å². The minimum Gasteiger partial charge on any atom is -0.495 e. The van der Waals surface area contributed by atoms with Gasteiger partial charge in [-0.1, -0.05) is 6.07 Å². The number of aromatic nitrogens is 2. The van der Waals surface area contributed by atoms with E-state index in [9.17, 15) is 17.6 Å². The molecule has 1 heterocycles. The van der Waals surface area contributed by atoms with Gasteiger partial charge in [-0.3, -0.25) is 4.79 Å². The van der Waals surface area contributed by atoms with E-state index in [1.54, 1.807) is 0 Å². The molecule has 7 nitrogen and oxygen atoms in total. The van der Waals surface area contributed by atoms with Crippen LogP contribution in [0.4, 0.5) is 4.39 Å². The van der Waals surface area contributed by atoms with Crippen LogP contribution in [-0.4, -0.2) is 31.6 Å². The maximum Gasteiger partial charge on any atom is 0.285 e. The van der Waals surface area contributed by atoms with E-state index >= 15 is 0 Å². The first kappa shape index (κ1) is 17.3. The number of sulfonamides is 1. The summed E-state index contributed by atoms with van der Waals surface area (Å²) in [4.78, 5) is 11.9. The number of benzene rings is 1. The molecule has 0 atom stereocenters. The number of hydrogen-bond acceptors (Lipinski definition) is 6. The first-order chi connectivity index (χ1) is 11.8. The first-order valence-electron chi connectivity index (χ1n) is 7.56. The smallest absolute Gasteiger partial charge is 0.285 e. The molecule has 1 aromatic carbocycles. The summed E-state index contributed by atoms with van der Waals surface area (Å²) in [7, 11) is -2.80.